The second kappa shape index (κ2) is 4.93. The first-order valence-electron chi connectivity index (χ1n) is 3.38. The zero-order chi connectivity index (χ0) is 9.35. The number of rotatable bonds is 1. The Hall–Kier alpha value is 0.641. The van der Waals surface area contributed by atoms with Gasteiger partial charge in [-0.1, -0.05) is 23.7 Å². The van der Waals surface area contributed by atoms with Gasteiger partial charge in [-0.3, -0.25) is 0 Å². The first kappa shape index (κ1) is 13.6. The molecule has 66 valence electrons. The minimum absolute atomic E-state index is 0. The van der Waals surface area contributed by atoms with E-state index in [0.717, 1.165) is 6.07 Å². The van der Waals surface area contributed by atoms with Crippen molar-refractivity contribution in [3.05, 3.63) is 29.6 Å². The Bertz CT molecular complexity index is 297. The molecule has 0 aliphatic rings. The monoisotopic (exact) mass is 216 g/mol. The smallest absolute Gasteiger partial charge is 0.445 e. The molecule has 0 bridgehead atoms. The molecule has 0 fully saturated rings. The molecule has 1 aromatic rings. The molecule has 0 unspecified atom stereocenters. The van der Waals surface area contributed by atoms with Gasteiger partial charge in [0.25, 0.3) is 0 Å². The van der Waals surface area contributed by atoms with Crippen molar-refractivity contribution in [2.75, 3.05) is 0 Å². The molecule has 0 amide bonds. The summed E-state index contributed by atoms with van der Waals surface area (Å²) in [4.78, 5) is 0. The molecule has 0 aliphatic heterocycles. The predicted octanol–water partition coefficient (Wildman–Crippen LogP) is -0.807. The molecule has 0 aliphatic carbocycles. The average Bonchev–Trinajstić information content (AvgIpc) is 1.92. The summed E-state index contributed by atoms with van der Waals surface area (Å²) in [6.45, 7) is -3.92. The Balaban J connectivity index is 0.00000144. The Morgan fingerprint density at radius 3 is 2.08 bits per heavy atom. The summed E-state index contributed by atoms with van der Waals surface area (Å²) >= 11 is 0. The van der Waals surface area contributed by atoms with Crippen molar-refractivity contribution in [2.45, 2.75) is 6.92 Å². The molecule has 0 spiro atoms. The minimum Gasteiger partial charge on any atom is -0.445 e. The molecule has 1 rings (SSSR count). The molecular weight excluding hydrogens is 210 g/mol. The topological polar surface area (TPSA) is 0 Å². The molecule has 0 aromatic heterocycles. The molecule has 0 saturated carbocycles. The Morgan fingerprint density at radius 1 is 1.15 bits per heavy atom. The van der Waals surface area contributed by atoms with E-state index in [1.807, 2.05) is 0 Å². The van der Waals surface area contributed by atoms with Gasteiger partial charge in [-0.2, -0.15) is 0 Å². The summed E-state index contributed by atoms with van der Waals surface area (Å²) in [6.07, 6.45) is 0. The summed E-state index contributed by atoms with van der Waals surface area (Å²) in [6, 6.07) is 3.26. The average molecular weight is 216 g/mol. The summed E-state index contributed by atoms with van der Waals surface area (Å²) < 4.78 is 48.9. The van der Waals surface area contributed by atoms with E-state index in [9.17, 15) is 17.3 Å². The third kappa shape index (κ3) is 3.36. The van der Waals surface area contributed by atoms with Gasteiger partial charge in [-0.15, -0.1) is 0 Å². The maximum absolute atomic E-state index is 12.8. The van der Waals surface area contributed by atoms with Gasteiger partial charge in [0.1, 0.15) is 0 Å². The van der Waals surface area contributed by atoms with E-state index in [4.69, 9.17) is 0 Å². The molecule has 6 heteroatoms. The fourth-order valence-electron chi connectivity index (χ4n) is 0.923. The van der Waals surface area contributed by atoms with Gasteiger partial charge in [0.05, 0.1) is 5.82 Å². The van der Waals surface area contributed by atoms with Gasteiger partial charge in [0, 0.05) is 0 Å². The van der Waals surface area contributed by atoms with Crippen molar-refractivity contribution in [2.24, 2.45) is 0 Å². The van der Waals surface area contributed by atoms with Gasteiger partial charge in [-0.05, 0) is 12.5 Å². The fourth-order valence-corrected chi connectivity index (χ4v) is 0.923. The van der Waals surface area contributed by atoms with Crippen LogP contribution >= 0.6 is 0 Å². The molecule has 1 aromatic carbocycles. The first-order valence-corrected chi connectivity index (χ1v) is 3.38. The van der Waals surface area contributed by atoms with Crippen LogP contribution in [0, 0.1) is 12.7 Å². The molecule has 13 heavy (non-hydrogen) atoms. The second-order valence-electron chi connectivity index (χ2n) is 2.55. The minimum atomic E-state index is -5.22. The van der Waals surface area contributed by atoms with Crippen molar-refractivity contribution in [1.29, 1.82) is 0 Å². The Labute approximate surface area is 116 Å². The molecular formula is C7H6BF4K. The van der Waals surface area contributed by atoms with Crippen molar-refractivity contribution < 1.29 is 68.7 Å². The van der Waals surface area contributed by atoms with Crippen LogP contribution in [0.3, 0.4) is 0 Å². The van der Waals surface area contributed by atoms with E-state index in [1.165, 1.54) is 19.1 Å². The summed E-state index contributed by atoms with van der Waals surface area (Å²) in [5.41, 5.74) is -1.12. The van der Waals surface area contributed by atoms with Crippen molar-refractivity contribution in [3.8, 4) is 0 Å². The third-order valence-electron chi connectivity index (χ3n) is 1.57. The van der Waals surface area contributed by atoms with Crippen LogP contribution in [-0.4, -0.2) is 6.98 Å². The van der Waals surface area contributed by atoms with Crippen LogP contribution in [0.4, 0.5) is 17.3 Å². The molecule has 0 nitrogen and oxygen atoms in total. The fraction of sp³-hybridized carbons (Fsp3) is 0.143. The molecule has 0 N–H and O–H groups in total. The molecule has 0 radical (unpaired) electrons. The van der Waals surface area contributed by atoms with E-state index in [1.54, 1.807) is 0 Å². The van der Waals surface area contributed by atoms with E-state index >= 15 is 0 Å². The Kier molecular flexibility index (Phi) is 5.17. The number of aryl methyl sites for hydroxylation is 1. The maximum Gasteiger partial charge on any atom is 1.00 e. The zero-order valence-corrected chi connectivity index (χ0v) is 10.4. The van der Waals surface area contributed by atoms with Gasteiger partial charge < -0.3 is 12.9 Å². The number of benzene rings is 1. The van der Waals surface area contributed by atoms with Crippen LogP contribution in [0.5, 0.6) is 0 Å². The van der Waals surface area contributed by atoms with E-state index in [-0.39, 0.29) is 56.9 Å². The van der Waals surface area contributed by atoms with Crippen LogP contribution in [0.2, 0.25) is 0 Å². The first-order chi connectivity index (χ1) is 5.43. The van der Waals surface area contributed by atoms with Gasteiger partial charge >= 0.3 is 58.4 Å². The largest absolute Gasteiger partial charge is 1.00 e. The molecule has 0 saturated heterocycles. The summed E-state index contributed by atoms with van der Waals surface area (Å²) in [7, 11) is 0. The van der Waals surface area contributed by atoms with Crippen molar-refractivity contribution in [3.63, 3.8) is 0 Å². The second-order valence-corrected chi connectivity index (χ2v) is 2.55. The van der Waals surface area contributed by atoms with Crippen LogP contribution in [0.1, 0.15) is 5.56 Å². The normalized spacial score (nSPS) is 10.8. The van der Waals surface area contributed by atoms with E-state index in [0.29, 0.717) is 0 Å². The molecule has 0 atom stereocenters. The quantitative estimate of drug-likeness (QED) is 0.425. The number of hydrogen-bond donors (Lipinski definition) is 0. The summed E-state index contributed by atoms with van der Waals surface area (Å²) in [5.74, 6) is -1.16. The van der Waals surface area contributed by atoms with Crippen LogP contribution in [0.15, 0.2) is 18.2 Å². The van der Waals surface area contributed by atoms with Crippen LogP contribution in [0.25, 0.3) is 0 Å². The van der Waals surface area contributed by atoms with E-state index < -0.39 is 18.3 Å². The molecule has 0 heterocycles. The van der Waals surface area contributed by atoms with Crippen LogP contribution in [-0.2, 0) is 0 Å². The zero-order valence-electron chi connectivity index (χ0n) is 7.32. The van der Waals surface area contributed by atoms with Crippen molar-refractivity contribution in [1.82, 2.24) is 0 Å². The Morgan fingerprint density at radius 2 is 1.69 bits per heavy atom. The van der Waals surface area contributed by atoms with Gasteiger partial charge in [0.2, 0.25) is 0 Å². The van der Waals surface area contributed by atoms with E-state index in [2.05, 4.69) is 0 Å². The predicted molar refractivity (Wildman–Crippen MR) is 39.8 cm³/mol. The van der Waals surface area contributed by atoms with Crippen LogP contribution < -0.4 is 56.8 Å². The summed E-state index contributed by atoms with van der Waals surface area (Å²) in [5, 5.41) is 0. The SMILES string of the molecule is Cc1cccc([B-](F)(F)F)c1F.[K+]. The number of hydrogen-bond acceptors (Lipinski definition) is 0. The third-order valence-corrected chi connectivity index (χ3v) is 1.57. The maximum atomic E-state index is 12.8. The van der Waals surface area contributed by atoms with Gasteiger partial charge in [0.15, 0.2) is 0 Å². The standard InChI is InChI=1S/C7H6BF4.K/c1-5-3-2-4-6(7(5)9)8(10,11)12;/h2-4H,1H3;/q-1;+1. The van der Waals surface area contributed by atoms with Gasteiger partial charge in [-0.25, -0.2) is 4.39 Å². The van der Waals surface area contributed by atoms with Crippen molar-refractivity contribution >= 4 is 12.4 Å². The number of halogens is 4.